The molecule has 3 atom stereocenters. The Labute approximate surface area is 211 Å². The van der Waals surface area contributed by atoms with Gasteiger partial charge in [-0.2, -0.15) is 13.4 Å². The van der Waals surface area contributed by atoms with Crippen LogP contribution in [0.15, 0.2) is 59.6 Å². The van der Waals surface area contributed by atoms with Gasteiger partial charge in [0.1, 0.15) is 11.5 Å². The van der Waals surface area contributed by atoms with Crippen LogP contribution in [0.1, 0.15) is 54.9 Å². The van der Waals surface area contributed by atoms with Crippen molar-refractivity contribution in [3.05, 3.63) is 71.3 Å². The van der Waals surface area contributed by atoms with Crippen LogP contribution in [0.4, 0.5) is 0 Å². The second kappa shape index (κ2) is 12.4. The number of nitrogens with one attached hydrogen (secondary N) is 1. The molecule has 0 aromatic heterocycles. The topological polar surface area (TPSA) is 154 Å². The third-order valence-electron chi connectivity index (χ3n) is 5.98. The van der Waals surface area contributed by atoms with Gasteiger partial charge in [0.15, 0.2) is 6.73 Å². The first-order chi connectivity index (χ1) is 17.2. The number of aliphatic hydroxyl groups excluding tert-OH is 1. The number of nitrogens with two attached hydrogens (primary N) is 1. The summed E-state index contributed by atoms with van der Waals surface area (Å²) < 4.78 is 40.0. The first kappa shape index (κ1) is 27.1. The van der Waals surface area contributed by atoms with Crippen LogP contribution in [0, 0.1) is 12.0 Å². The van der Waals surface area contributed by atoms with Crippen LogP contribution in [0.5, 0.6) is 11.5 Å². The first-order valence-electron chi connectivity index (χ1n) is 11.6. The van der Waals surface area contributed by atoms with Gasteiger partial charge in [0.25, 0.3) is 10.1 Å². The molecule has 0 radical (unpaired) electrons. The Morgan fingerprint density at radius 3 is 2.64 bits per heavy atom. The number of nitrogens with zero attached hydrogens (tertiary/aromatic N) is 1. The molecule has 9 nitrogen and oxygen atoms in total. The van der Waals surface area contributed by atoms with E-state index in [1.807, 2.05) is 25.1 Å². The zero-order valence-electron chi connectivity index (χ0n) is 20.0. The van der Waals surface area contributed by atoms with Crippen molar-refractivity contribution in [1.82, 2.24) is 5.32 Å². The van der Waals surface area contributed by atoms with Gasteiger partial charge < -0.3 is 26.0 Å². The molecule has 0 fully saturated rings. The number of aromatic hydroxyl groups is 1. The Kier molecular flexibility index (Phi) is 9.36. The van der Waals surface area contributed by atoms with Crippen molar-refractivity contribution >= 4 is 16.1 Å². The van der Waals surface area contributed by atoms with E-state index in [0.717, 1.165) is 11.1 Å². The largest absolute Gasteiger partial charge is 0.508 e. The molecule has 192 valence electrons. The van der Waals surface area contributed by atoms with E-state index < -0.39 is 21.5 Å². The maximum Gasteiger partial charge on any atom is 0.268 e. The summed E-state index contributed by atoms with van der Waals surface area (Å²) in [6.07, 6.45) is 3.33. The van der Waals surface area contributed by atoms with Crippen LogP contribution < -0.4 is 15.8 Å². The highest BCUT2D eigenvalue weighted by atomic mass is 32.2. The molecule has 0 aliphatic carbocycles. The van der Waals surface area contributed by atoms with Gasteiger partial charge in [-0.05, 0) is 54.5 Å². The molecular weight excluding hydrogens is 482 g/mol. The smallest absolute Gasteiger partial charge is 0.268 e. The molecule has 0 saturated heterocycles. The van der Waals surface area contributed by atoms with E-state index in [1.54, 1.807) is 18.2 Å². The molecular formula is C26H31N3O6S. The highest BCUT2D eigenvalue weighted by molar-refractivity contribution is 7.86. The minimum atomic E-state index is -4.34. The molecule has 0 spiro atoms. The third kappa shape index (κ3) is 7.75. The van der Waals surface area contributed by atoms with E-state index in [9.17, 15) is 23.2 Å². The third-order valence-corrected chi connectivity index (χ3v) is 7.21. The van der Waals surface area contributed by atoms with Crippen molar-refractivity contribution in [2.45, 2.75) is 49.9 Å². The number of aliphatic hydroxyl groups is 1. The molecule has 0 unspecified atom stereocenters. The number of ether oxygens (including phenoxy) is 1. The average Bonchev–Trinajstić information content (AvgIpc) is 2.84. The summed E-state index contributed by atoms with van der Waals surface area (Å²) in [5.74, 6) is 3.68. The fourth-order valence-corrected chi connectivity index (χ4v) is 4.76. The summed E-state index contributed by atoms with van der Waals surface area (Å²) in [6.45, 7) is 2.09. The minimum absolute atomic E-state index is 0.0368. The second-order valence-corrected chi connectivity index (χ2v) is 10.2. The lowest BCUT2D eigenvalue weighted by molar-refractivity contribution is 0.228. The van der Waals surface area contributed by atoms with Crippen LogP contribution in [0.25, 0.3) is 0 Å². The van der Waals surface area contributed by atoms with Crippen LogP contribution in [-0.2, 0) is 16.5 Å². The molecule has 2 aromatic carbocycles. The average molecular weight is 514 g/mol. The lowest BCUT2D eigenvalue weighted by Gasteiger charge is -2.22. The molecule has 3 rings (SSSR count). The summed E-state index contributed by atoms with van der Waals surface area (Å²) in [5.41, 5.74) is 7.97. The second-order valence-electron chi connectivity index (χ2n) is 8.47. The molecule has 1 heterocycles. The van der Waals surface area contributed by atoms with E-state index in [-0.39, 0.29) is 37.2 Å². The number of phenols is 1. The first-order valence-corrected chi connectivity index (χ1v) is 13.1. The molecule has 0 amide bonds. The molecule has 0 bridgehead atoms. The van der Waals surface area contributed by atoms with E-state index >= 15 is 0 Å². The number of aliphatic imine (C=N–C) groups is 1. The quantitative estimate of drug-likeness (QED) is 0.195. The normalized spacial score (nSPS) is 16.4. The van der Waals surface area contributed by atoms with Crippen LogP contribution in [-0.4, -0.2) is 41.1 Å². The van der Waals surface area contributed by atoms with Gasteiger partial charge in [-0.3, -0.25) is 4.55 Å². The Balaban J connectivity index is 1.75. The Bertz CT molecular complexity index is 1260. The highest BCUT2D eigenvalue weighted by Gasteiger charge is 2.26. The standard InChI is InChI=1S/C26H31N3O6S/c1-2-18(20-10-13-25-21(15-20)5-4-14-28-26(27)29-17-35-25)16-23(36(32,33)34)6-3-7-24(31)19-8-11-22(30)12-9-19/h3,7-13,15,18,23-24,30-31H,2,5-6,16-17H2,1H3,(H3,27,28,29)(H,32,33,34)/t18-,23+,24-/m1/s1. The van der Waals surface area contributed by atoms with Crippen LogP contribution in [0.3, 0.4) is 0 Å². The molecule has 1 aliphatic heterocycles. The van der Waals surface area contributed by atoms with Gasteiger partial charge in [0.05, 0.1) is 11.4 Å². The molecule has 36 heavy (non-hydrogen) atoms. The van der Waals surface area contributed by atoms with Crippen molar-refractivity contribution in [2.75, 3.05) is 6.73 Å². The predicted octanol–water partition coefficient (Wildman–Crippen LogP) is 2.97. The van der Waals surface area contributed by atoms with Crippen molar-refractivity contribution in [3.8, 4) is 23.5 Å². The highest BCUT2D eigenvalue weighted by Crippen LogP contribution is 2.32. The van der Waals surface area contributed by atoms with Crippen LogP contribution >= 0.6 is 0 Å². The predicted molar refractivity (Wildman–Crippen MR) is 138 cm³/mol. The molecule has 10 heteroatoms. The summed E-state index contributed by atoms with van der Waals surface area (Å²) >= 11 is 0. The maximum atomic E-state index is 12.2. The van der Waals surface area contributed by atoms with Crippen LogP contribution in [0.2, 0.25) is 0 Å². The number of benzene rings is 2. The Morgan fingerprint density at radius 1 is 1.22 bits per heavy atom. The van der Waals surface area contributed by atoms with E-state index in [0.29, 0.717) is 24.2 Å². The molecule has 1 aliphatic rings. The number of hydrogen-bond acceptors (Lipinski definition) is 8. The summed E-state index contributed by atoms with van der Waals surface area (Å²) in [4.78, 5) is 3.87. The van der Waals surface area contributed by atoms with Crippen molar-refractivity contribution in [3.63, 3.8) is 0 Å². The van der Waals surface area contributed by atoms with Crippen molar-refractivity contribution in [2.24, 2.45) is 10.7 Å². The lowest BCUT2D eigenvalue weighted by atomic mass is 9.89. The maximum absolute atomic E-state index is 12.2. The lowest BCUT2D eigenvalue weighted by Crippen LogP contribution is -2.34. The molecule has 2 aromatic rings. The molecule has 6 N–H and O–H groups in total. The number of hydrogen-bond donors (Lipinski definition) is 5. The summed E-state index contributed by atoms with van der Waals surface area (Å²) in [7, 11) is -4.34. The van der Waals surface area contributed by atoms with Gasteiger partial charge >= 0.3 is 0 Å². The van der Waals surface area contributed by atoms with Gasteiger partial charge in [0, 0.05) is 18.0 Å². The SMILES string of the molecule is CC[C@H](C[C@H](CC=C[C@@H](O)c1ccc(O)cc1)S(=O)(=O)O)c1ccc2c(c1)CC#CN=C(N)NCO2. The minimum Gasteiger partial charge on any atom is -0.508 e. The fraction of sp³-hybridized carbons (Fsp3) is 0.346. The Morgan fingerprint density at radius 2 is 1.94 bits per heavy atom. The zero-order chi connectivity index (χ0) is 26.1. The van der Waals surface area contributed by atoms with E-state index in [1.165, 1.54) is 18.2 Å². The number of guanidine groups is 1. The number of rotatable bonds is 9. The number of allylic oxidation sites excluding steroid dienone is 1. The molecule has 0 saturated carbocycles. The fourth-order valence-electron chi connectivity index (χ4n) is 3.93. The monoisotopic (exact) mass is 513 g/mol. The number of phenolic OH excluding ortho intramolecular Hbond substituents is 1. The van der Waals surface area contributed by atoms with E-state index in [4.69, 9.17) is 10.5 Å². The summed E-state index contributed by atoms with van der Waals surface area (Å²) in [5, 5.41) is 21.5. The van der Waals surface area contributed by atoms with Gasteiger partial charge in [0.2, 0.25) is 5.96 Å². The van der Waals surface area contributed by atoms with Crippen molar-refractivity contribution in [1.29, 1.82) is 0 Å². The Hall–Kier alpha value is -3.52. The van der Waals surface area contributed by atoms with Gasteiger partial charge in [-0.15, -0.1) is 0 Å². The van der Waals surface area contributed by atoms with E-state index in [2.05, 4.69) is 22.3 Å². The zero-order valence-corrected chi connectivity index (χ0v) is 20.8. The van der Waals surface area contributed by atoms with Crippen molar-refractivity contribution < 1.29 is 27.9 Å². The van der Waals surface area contributed by atoms with Gasteiger partial charge in [-0.25, -0.2) is 0 Å². The van der Waals surface area contributed by atoms with Gasteiger partial charge in [-0.1, -0.05) is 49.3 Å². The summed E-state index contributed by atoms with van der Waals surface area (Å²) in [6, 6.07) is 14.4. The number of fused-ring (bicyclic) bond motifs is 1.